The van der Waals surface area contributed by atoms with E-state index in [4.69, 9.17) is 4.55 Å². The van der Waals surface area contributed by atoms with Crippen LogP contribution in [0.1, 0.15) is 22.3 Å². The summed E-state index contributed by atoms with van der Waals surface area (Å²) in [5.74, 6) is -0.558. The lowest BCUT2D eigenvalue weighted by atomic mass is 10.1. The zero-order chi connectivity index (χ0) is 30.8. The van der Waals surface area contributed by atoms with Crippen LogP contribution in [0.2, 0.25) is 0 Å². The summed E-state index contributed by atoms with van der Waals surface area (Å²) in [7, 11) is -1.51. The van der Waals surface area contributed by atoms with Crippen LogP contribution in [0.3, 0.4) is 0 Å². The summed E-state index contributed by atoms with van der Waals surface area (Å²) in [6, 6.07) is 17.4. The van der Waals surface area contributed by atoms with Gasteiger partial charge in [0, 0.05) is 55.0 Å². The zero-order valence-electron chi connectivity index (χ0n) is 23.9. The third-order valence-corrected chi connectivity index (χ3v) is 6.52. The molecule has 0 radical (unpaired) electrons. The lowest BCUT2D eigenvalue weighted by Gasteiger charge is -2.20. The molecule has 11 nitrogen and oxygen atoms in total. The normalized spacial score (nSPS) is 14.2. The summed E-state index contributed by atoms with van der Waals surface area (Å²) >= 11 is 0. The number of carbonyl (C=O) groups excluding carboxylic acids is 1. The molecule has 226 valence electrons. The molecule has 0 bridgehead atoms. The minimum Gasteiger partial charge on any atom is -0.324 e. The van der Waals surface area contributed by atoms with Crippen LogP contribution in [0.15, 0.2) is 79.3 Å². The van der Waals surface area contributed by atoms with Crippen molar-refractivity contribution < 1.29 is 22.2 Å². The highest BCUT2D eigenvalue weighted by atomic mass is 32.2. The van der Waals surface area contributed by atoms with Crippen LogP contribution in [0.4, 0.5) is 21.7 Å². The third-order valence-electron chi connectivity index (χ3n) is 6.52. The molecule has 4 aromatic rings. The molecule has 43 heavy (non-hydrogen) atoms. The van der Waals surface area contributed by atoms with E-state index in [-0.39, 0.29) is 11.6 Å². The van der Waals surface area contributed by atoms with Crippen LogP contribution in [-0.2, 0) is 16.7 Å². The van der Waals surface area contributed by atoms with Crippen LogP contribution in [0.25, 0.3) is 11.3 Å². The van der Waals surface area contributed by atoms with Crippen molar-refractivity contribution in [3.63, 3.8) is 0 Å². The molecular weight excluding hydrogens is 573 g/mol. The van der Waals surface area contributed by atoms with E-state index in [0.717, 1.165) is 50.3 Å². The predicted molar refractivity (Wildman–Crippen MR) is 164 cm³/mol. The molecule has 1 aliphatic rings. The summed E-state index contributed by atoms with van der Waals surface area (Å²) in [6.45, 7) is 5.12. The van der Waals surface area contributed by atoms with E-state index in [1.807, 2.05) is 24.3 Å². The second-order valence-corrected chi connectivity index (χ2v) is 11.6. The Kier molecular flexibility index (Phi) is 10.8. The number of anilines is 3. The average molecular weight is 608 g/mol. The SMILES string of the molecule is CN1CCCN(Cc2ccc(C(=O)Nc3cc(Nc4nccc(-c5cccnc5)n4)ccc3F)cc2)CC1.CS(=O)(=O)O. The Hall–Kier alpha value is -4.30. The predicted octanol–water partition coefficient (Wildman–Crippen LogP) is 4.32. The molecule has 1 saturated heterocycles. The molecule has 3 heterocycles. The maximum absolute atomic E-state index is 14.6. The Balaban J connectivity index is 0.000000782. The third kappa shape index (κ3) is 10.5. The number of nitrogens with one attached hydrogen (secondary N) is 2. The van der Waals surface area contributed by atoms with Crippen LogP contribution >= 0.6 is 0 Å². The first-order valence-electron chi connectivity index (χ1n) is 13.6. The number of rotatable bonds is 7. The van der Waals surface area contributed by atoms with Gasteiger partial charge in [0.15, 0.2) is 0 Å². The molecule has 0 spiro atoms. The minimum atomic E-state index is -3.67. The van der Waals surface area contributed by atoms with Crippen molar-refractivity contribution >= 4 is 33.3 Å². The molecule has 0 unspecified atom stereocenters. The maximum Gasteiger partial charge on any atom is 0.261 e. The van der Waals surface area contributed by atoms with Crippen molar-refractivity contribution in [3.8, 4) is 11.3 Å². The second kappa shape index (κ2) is 14.7. The minimum absolute atomic E-state index is 0.0705. The highest BCUT2D eigenvalue weighted by Crippen LogP contribution is 2.24. The Morgan fingerprint density at radius 2 is 1.79 bits per heavy atom. The van der Waals surface area contributed by atoms with Gasteiger partial charge in [-0.05, 0) is 80.7 Å². The summed E-state index contributed by atoms with van der Waals surface area (Å²) in [4.78, 5) is 30.5. The van der Waals surface area contributed by atoms with E-state index in [0.29, 0.717) is 29.1 Å². The summed E-state index contributed by atoms with van der Waals surface area (Å²) < 4.78 is 40.4. The largest absolute Gasteiger partial charge is 0.324 e. The second-order valence-electron chi connectivity index (χ2n) is 10.1. The van der Waals surface area contributed by atoms with Gasteiger partial charge >= 0.3 is 0 Å². The maximum atomic E-state index is 14.6. The molecule has 1 aliphatic heterocycles. The molecule has 1 fully saturated rings. The van der Waals surface area contributed by atoms with Crippen molar-refractivity contribution in [2.24, 2.45) is 0 Å². The van der Waals surface area contributed by atoms with Gasteiger partial charge in [0.25, 0.3) is 16.0 Å². The highest BCUT2D eigenvalue weighted by Gasteiger charge is 2.14. The smallest absolute Gasteiger partial charge is 0.261 e. The fourth-order valence-electron chi connectivity index (χ4n) is 4.39. The highest BCUT2D eigenvalue weighted by molar-refractivity contribution is 7.85. The van der Waals surface area contributed by atoms with Crippen molar-refractivity contribution in [1.82, 2.24) is 24.8 Å². The van der Waals surface area contributed by atoms with E-state index in [9.17, 15) is 17.6 Å². The molecular formula is C30H34FN7O4S. The summed E-state index contributed by atoms with van der Waals surface area (Å²) in [6.07, 6.45) is 6.92. The summed E-state index contributed by atoms with van der Waals surface area (Å²) in [5.41, 5.74) is 3.80. The van der Waals surface area contributed by atoms with E-state index in [1.54, 1.807) is 42.9 Å². The lowest BCUT2D eigenvalue weighted by Crippen LogP contribution is -2.28. The topological polar surface area (TPSA) is 141 Å². The Bertz CT molecular complexity index is 1620. The van der Waals surface area contributed by atoms with E-state index in [2.05, 4.69) is 42.4 Å². The number of halogens is 1. The average Bonchev–Trinajstić information content (AvgIpc) is 3.18. The Labute approximate surface area is 250 Å². The van der Waals surface area contributed by atoms with Crippen molar-refractivity contribution in [3.05, 3.63) is 96.2 Å². The molecule has 3 N–H and O–H groups in total. The molecule has 2 aromatic carbocycles. The number of hydrogen-bond donors (Lipinski definition) is 3. The molecule has 13 heteroatoms. The zero-order valence-corrected chi connectivity index (χ0v) is 24.8. The molecule has 5 rings (SSSR count). The fraction of sp³-hybridized carbons (Fsp3) is 0.267. The van der Waals surface area contributed by atoms with Gasteiger partial charge in [-0.2, -0.15) is 8.42 Å². The van der Waals surface area contributed by atoms with Gasteiger partial charge in [-0.3, -0.25) is 19.2 Å². The standard InChI is InChI=1S/C29H30FN7O.CH4O3S/c1-36-14-3-15-37(17-16-36)20-21-5-7-22(8-6-21)28(38)34-27-18-24(9-10-25(27)30)33-29-32-13-11-26(35-29)23-4-2-12-31-19-23;1-5(2,3)4/h2,4-13,18-19H,3,14-17,20H2,1H3,(H,34,38)(H,32,33,35);1H3,(H,2,3,4). The fourth-order valence-corrected chi connectivity index (χ4v) is 4.39. The van der Waals surface area contributed by atoms with E-state index in [1.165, 1.54) is 12.1 Å². The molecule has 0 atom stereocenters. The first-order chi connectivity index (χ1) is 20.5. The number of aromatic nitrogens is 3. The van der Waals surface area contributed by atoms with Crippen LogP contribution < -0.4 is 10.6 Å². The van der Waals surface area contributed by atoms with E-state index < -0.39 is 15.9 Å². The molecule has 0 aliphatic carbocycles. The van der Waals surface area contributed by atoms with Crippen molar-refractivity contribution in [2.45, 2.75) is 13.0 Å². The number of nitrogens with zero attached hydrogens (tertiary/aromatic N) is 5. The summed E-state index contributed by atoms with van der Waals surface area (Å²) in [5, 5.41) is 5.76. The van der Waals surface area contributed by atoms with Gasteiger partial charge in [0.1, 0.15) is 5.82 Å². The monoisotopic (exact) mass is 607 g/mol. The first kappa shape index (κ1) is 31.6. The Morgan fingerprint density at radius 3 is 2.51 bits per heavy atom. The van der Waals surface area contributed by atoms with Gasteiger partial charge < -0.3 is 15.5 Å². The molecule has 0 saturated carbocycles. The number of likely N-dealkylation sites (N-methyl/N-ethyl adjacent to an activating group) is 1. The van der Waals surface area contributed by atoms with Crippen LogP contribution in [0, 0.1) is 5.82 Å². The first-order valence-corrected chi connectivity index (χ1v) is 15.4. The lowest BCUT2D eigenvalue weighted by molar-refractivity contribution is 0.102. The number of benzene rings is 2. The number of carbonyl (C=O) groups is 1. The number of pyridine rings is 1. The molecule has 2 aromatic heterocycles. The number of hydrogen-bond acceptors (Lipinski definition) is 9. The quantitative estimate of drug-likeness (QED) is 0.260. The van der Waals surface area contributed by atoms with E-state index >= 15 is 0 Å². The number of amides is 1. The molecule has 1 amide bonds. The Morgan fingerprint density at radius 1 is 1.02 bits per heavy atom. The van der Waals surface area contributed by atoms with Gasteiger partial charge in [-0.1, -0.05) is 12.1 Å². The van der Waals surface area contributed by atoms with Crippen molar-refractivity contribution in [1.29, 1.82) is 0 Å². The van der Waals surface area contributed by atoms with Gasteiger partial charge in [0.2, 0.25) is 5.95 Å². The van der Waals surface area contributed by atoms with Crippen LogP contribution in [0.5, 0.6) is 0 Å². The van der Waals surface area contributed by atoms with Crippen LogP contribution in [-0.4, -0.2) is 83.1 Å². The van der Waals surface area contributed by atoms with Gasteiger partial charge in [0.05, 0.1) is 17.6 Å². The van der Waals surface area contributed by atoms with Crippen molar-refractivity contribution in [2.75, 3.05) is 50.1 Å². The van der Waals surface area contributed by atoms with Gasteiger partial charge in [-0.25, -0.2) is 14.4 Å². The van der Waals surface area contributed by atoms with Gasteiger partial charge in [-0.15, -0.1) is 0 Å².